The van der Waals surface area contributed by atoms with Crippen molar-refractivity contribution in [1.82, 2.24) is 0 Å². The van der Waals surface area contributed by atoms with Gasteiger partial charge in [-0.15, -0.1) is 0 Å². The third-order valence-electron chi connectivity index (χ3n) is 7.12. The average molecular weight is 357 g/mol. The second-order valence-corrected chi connectivity index (χ2v) is 8.95. The quantitative estimate of drug-likeness (QED) is 0.462. The largest absolute Gasteiger partial charge is 0.494 e. The first-order valence-corrected chi connectivity index (χ1v) is 11.5. The van der Waals surface area contributed by atoms with Crippen LogP contribution in [-0.4, -0.2) is 6.61 Å². The van der Waals surface area contributed by atoms with Gasteiger partial charge in [0.2, 0.25) is 0 Å². The SMILES string of the molecule is CCCC[C@H]1CC[C@H]([C@H]2CC[C@H](c3ccc(OCCC)cc3)CC2)CC1. The number of rotatable bonds is 8. The van der Waals surface area contributed by atoms with Crippen molar-refractivity contribution >= 4 is 0 Å². The molecule has 3 rings (SSSR count). The lowest BCUT2D eigenvalue weighted by molar-refractivity contribution is 0.156. The van der Waals surface area contributed by atoms with Crippen LogP contribution in [0.3, 0.4) is 0 Å². The topological polar surface area (TPSA) is 9.23 Å². The second kappa shape index (κ2) is 10.4. The van der Waals surface area contributed by atoms with Gasteiger partial charge in [-0.1, -0.05) is 58.1 Å². The van der Waals surface area contributed by atoms with Crippen LogP contribution in [0.5, 0.6) is 5.75 Å². The van der Waals surface area contributed by atoms with Crippen LogP contribution in [0.2, 0.25) is 0 Å². The third kappa shape index (κ3) is 5.51. The highest BCUT2D eigenvalue weighted by Gasteiger charge is 2.31. The Morgan fingerprint density at radius 1 is 0.769 bits per heavy atom. The number of unbranched alkanes of at least 4 members (excludes halogenated alkanes) is 1. The van der Waals surface area contributed by atoms with E-state index in [4.69, 9.17) is 4.74 Å². The molecule has 1 nitrogen and oxygen atoms in total. The summed E-state index contributed by atoms with van der Waals surface area (Å²) < 4.78 is 5.73. The Labute approximate surface area is 161 Å². The van der Waals surface area contributed by atoms with E-state index in [1.807, 2.05) is 0 Å². The van der Waals surface area contributed by atoms with E-state index in [1.54, 1.807) is 0 Å². The molecule has 2 aliphatic carbocycles. The van der Waals surface area contributed by atoms with Crippen molar-refractivity contribution in [1.29, 1.82) is 0 Å². The molecule has 0 N–H and O–H groups in total. The van der Waals surface area contributed by atoms with E-state index in [2.05, 4.69) is 38.1 Å². The van der Waals surface area contributed by atoms with Crippen molar-refractivity contribution in [3.05, 3.63) is 29.8 Å². The van der Waals surface area contributed by atoms with E-state index >= 15 is 0 Å². The van der Waals surface area contributed by atoms with Crippen molar-refractivity contribution in [3.8, 4) is 5.75 Å². The van der Waals surface area contributed by atoms with Crippen molar-refractivity contribution in [2.24, 2.45) is 17.8 Å². The molecule has 26 heavy (non-hydrogen) atoms. The summed E-state index contributed by atoms with van der Waals surface area (Å²) in [5, 5.41) is 0. The normalized spacial score (nSPS) is 29.5. The molecule has 0 radical (unpaired) electrons. The lowest BCUT2D eigenvalue weighted by Crippen LogP contribution is -2.25. The molecule has 0 saturated heterocycles. The standard InChI is InChI=1S/C25H40O/c1-3-5-6-20-7-9-21(10-8-20)22-11-13-23(14-12-22)24-15-17-25(18-16-24)26-19-4-2/h15-18,20-23H,3-14,19H2,1-2H3/t20-,21-,22-,23-. The summed E-state index contributed by atoms with van der Waals surface area (Å²) >= 11 is 0. The Kier molecular flexibility index (Phi) is 7.89. The highest BCUT2D eigenvalue weighted by Crippen LogP contribution is 2.44. The van der Waals surface area contributed by atoms with Gasteiger partial charge in [0, 0.05) is 0 Å². The third-order valence-corrected chi connectivity index (χ3v) is 7.12. The fourth-order valence-corrected chi connectivity index (χ4v) is 5.42. The molecule has 1 heteroatoms. The molecule has 2 saturated carbocycles. The molecule has 0 unspecified atom stereocenters. The number of hydrogen-bond acceptors (Lipinski definition) is 1. The van der Waals surface area contributed by atoms with Crippen LogP contribution in [0.15, 0.2) is 24.3 Å². The van der Waals surface area contributed by atoms with Crippen LogP contribution in [0.25, 0.3) is 0 Å². The van der Waals surface area contributed by atoms with Crippen molar-refractivity contribution in [2.75, 3.05) is 6.61 Å². The molecule has 2 aliphatic rings. The van der Waals surface area contributed by atoms with Gasteiger partial charge in [-0.05, 0) is 86.3 Å². The molecule has 1 aromatic rings. The van der Waals surface area contributed by atoms with Gasteiger partial charge in [0.1, 0.15) is 5.75 Å². The molecular weight excluding hydrogens is 316 g/mol. The predicted octanol–water partition coefficient (Wildman–Crippen LogP) is 7.75. The molecule has 0 spiro atoms. The summed E-state index contributed by atoms with van der Waals surface area (Å²) in [6, 6.07) is 8.98. The van der Waals surface area contributed by atoms with E-state index in [-0.39, 0.29) is 0 Å². The van der Waals surface area contributed by atoms with Crippen LogP contribution in [0, 0.1) is 17.8 Å². The maximum atomic E-state index is 5.73. The Balaban J connectivity index is 1.41. The highest BCUT2D eigenvalue weighted by molar-refractivity contribution is 5.29. The van der Waals surface area contributed by atoms with E-state index < -0.39 is 0 Å². The first-order valence-electron chi connectivity index (χ1n) is 11.5. The summed E-state index contributed by atoms with van der Waals surface area (Å²) in [7, 11) is 0. The van der Waals surface area contributed by atoms with E-state index in [0.717, 1.165) is 42.4 Å². The monoisotopic (exact) mass is 356 g/mol. The Bertz CT molecular complexity index is 489. The Morgan fingerprint density at radius 3 is 1.96 bits per heavy atom. The minimum atomic E-state index is 0.785. The van der Waals surface area contributed by atoms with E-state index in [1.165, 1.54) is 76.2 Å². The zero-order valence-corrected chi connectivity index (χ0v) is 17.2. The van der Waals surface area contributed by atoms with E-state index in [9.17, 15) is 0 Å². The van der Waals surface area contributed by atoms with Crippen molar-refractivity contribution in [3.63, 3.8) is 0 Å². The number of ether oxygens (including phenoxy) is 1. The molecule has 1 aromatic carbocycles. The molecule has 0 atom stereocenters. The molecule has 0 bridgehead atoms. The summed E-state index contributed by atoms with van der Waals surface area (Å²) in [5.74, 6) is 4.93. The zero-order valence-electron chi connectivity index (χ0n) is 17.2. The van der Waals surface area contributed by atoms with Gasteiger partial charge in [0.25, 0.3) is 0 Å². The van der Waals surface area contributed by atoms with Gasteiger partial charge in [0.15, 0.2) is 0 Å². The van der Waals surface area contributed by atoms with Crippen LogP contribution in [0.4, 0.5) is 0 Å². The molecule has 0 aromatic heterocycles. The van der Waals surface area contributed by atoms with Gasteiger partial charge in [-0.25, -0.2) is 0 Å². The fraction of sp³-hybridized carbons (Fsp3) is 0.760. The Hall–Kier alpha value is -0.980. The molecule has 0 aliphatic heterocycles. The maximum Gasteiger partial charge on any atom is 0.119 e. The number of hydrogen-bond donors (Lipinski definition) is 0. The summed E-state index contributed by atoms with van der Waals surface area (Å²) in [6.45, 7) is 5.31. The minimum absolute atomic E-state index is 0.785. The first kappa shape index (κ1) is 19.8. The molecule has 146 valence electrons. The van der Waals surface area contributed by atoms with Crippen molar-refractivity contribution in [2.45, 2.75) is 96.8 Å². The minimum Gasteiger partial charge on any atom is -0.494 e. The van der Waals surface area contributed by atoms with Gasteiger partial charge in [-0.2, -0.15) is 0 Å². The molecule has 0 heterocycles. The van der Waals surface area contributed by atoms with Gasteiger partial charge < -0.3 is 4.74 Å². The number of benzene rings is 1. The highest BCUT2D eigenvalue weighted by atomic mass is 16.5. The summed E-state index contributed by atoms with van der Waals surface area (Å²) in [4.78, 5) is 0. The smallest absolute Gasteiger partial charge is 0.119 e. The average Bonchev–Trinajstić information content (AvgIpc) is 2.72. The zero-order chi connectivity index (χ0) is 18.2. The predicted molar refractivity (Wildman–Crippen MR) is 112 cm³/mol. The second-order valence-electron chi connectivity index (χ2n) is 8.95. The van der Waals surface area contributed by atoms with Crippen LogP contribution < -0.4 is 4.74 Å². The van der Waals surface area contributed by atoms with Gasteiger partial charge in [0.05, 0.1) is 6.61 Å². The fourth-order valence-electron chi connectivity index (χ4n) is 5.42. The van der Waals surface area contributed by atoms with Crippen LogP contribution in [-0.2, 0) is 0 Å². The van der Waals surface area contributed by atoms with Gasteiger partial charge in [-0.3, -0.25) is 0 Å². The van der Waals surface area contributed by atoms with Crippen molar-refractivity contribution < 1.29 is 4.74 Å². The molecule has 2 fully saturated rings. The van der Waals surface area contributed by atoms with Crippen LogP contribution >= 0.6 is 0 Å². The Morgan fingerprint density at radius 2 is 1.38 bits per heavy atom. The molecule has 0 amide bonds. The lowest BCUT2D eigenvalue weighted by atomic mass is 9.68. The van der Waals surface area contributed by atoms with Gasteiger partial charge >= 0.3 is 0 Å². The summed E-state index contributed by atoms with van der Waals surface area (Å²) in [5.41, 5.74) is 1.54. The summed E-state index contributed by atoms with van der Waals surface area (Å²) in [6.07, 6.45) is 17.2. The molecular formula is C25H40O. The first-order chi connectivity index (χ1) is 12.8. The van der Waals surface area contributed by atoms with Crippen LogP contribution in [0.1, 0.15) is 102 Å². The lowest BCUT2D eigenvalue weighted by Gasteiger charge is -2.38. The maximum absolute atomic E-state index is 5.73. The van der Waals surface area contributed by atoms with E-state index in [0.29, 0.717) is 0 Å².